The molecule has 3 rings (SSSR count). The molecule has 0 radical (unpaired) electrons. The van der Waals surface area contributed by atoms with Crippen molar-refractivity contribution in [2.45, 2.75) is 18.4 Å². The van der Waals surface area contributed by atoms with Crippen molar-refractivity contribution < 1.29 is 9.59 Å². The molecule has 0 fully saturated rings. The van der Waals surface area contributed by atoms with Crippen LogP contribution in [0, 0.1) is 0 Å². The number of benzene rings is 2. The Morgan fingerprint density at radius 3 is 2.62 bits per heavy atom. The van der Waals surface area contributed by atoms with Crippen LogP contribution in [-0.4, -0.2) is 17.4 Å². The highest BCUT2D eigenvalue weighted by Crippen LogP contribution is 2.25. The number of fused-ring (bicyclic) bond motifs is 1. The topological polar surface area (TPSA) is 46.2 Å². The predicted molar refractivity (Wildman–Crippen MR) is 101 cm³/mol. The van der Waals surface area contributed by atoms with E-state index in [1.807, 2.05) is 24.3 Å². The third kappa shape index (κ3) is 4.24. The summed E-state index contributed by atoms with van der Waals surface area (Å²) in [5.74, 6) is 0.466. The fourth-order valence-electron chi connectivity index (χ4n) is 2.31. The number of thiophene rings is 1. The maximum absolute atomic E-state index is 12.3. The number of Topliss-reactive ketones (excluding diaryl/α,β-unsaturated/α-hetero) is 1. The largest absolute Gasteiger partial charge is 0.351 e. The SMILES string of the molecule is CC(=O)NCc1ccc(C(=O)CSc2ccc3ccccc3c2)s1. The molecule has 0 atom stereocenters. The summed E-state index contributed by atoms with van der Waals surface area (Å²) in [6.45, 7) is 1.96. The van der Waals surface area contributed by atoms with Crippen molar-refractivity contribution in [2.24, 2.45) is 0 Å². The molecule has 1 N–H and O–H groups in total. The summed E-state index contributed by atoms with van der Waals surface area (Å²) in [6, 6.07) is 18.2. The average molecular weight is 355 g/mol. The first-order valence-electron chi connectivity index (χ1n) is 7.60. The number of hydrogen-bond acceptors (Lipinski definition) is 4. The van der Waals surface area contributed by atoms with Crippen LogP contribution in [0.2, 0.25) is 0 Å². The molecule has 0 bridgehead atoms. The highest BCUT2D eigenvalue weighted by molar-refractivity contribution is 8.00. The van der Waals surface area contributed by atoms with Gasteiger partial charge >= 0.3 is 0 Å². The zero-order chi connectivity index (χ0) is 16.9. The molecule has 2 aromatic carbocycles. The molecule has 0 spiro atoms. The molecule has 0 unspecified atom stereocenters. The van der Waals surface area contributed by atoms with Crippen LogP contribution in [0.1, 0.15) is 21.5 Å². The van der Waals surface area contributed by atoms with Crippen LogP contribution in [0.5, 0.6) is 0 Å². The number of hydrogen-bond donors (Lipinski definition) is 1. The molecule has 1 amide bonds. The highest BCUT2D eigenvalue weighted by atomic mass is 32.2. The quantitative estimate of drug-likeness (QED) is 0.523. The molecular weight excluding hydrogens is 338 g/mol. The molecule has 0 aliphatic rings. The monoisotopic (exact) mass is 355 g/mol. The van der Waals surface area contributed by atoms with Gasteiger partial charge in [0.25, 0.3) is 0 Å². The van der Waals surface area contributed by atoms with Crippen LogP contribution in [0.4, 0.5) is 0 Å². The number of ketones is 1. The number of amides is 1. The van der Waals surface area contributed by atoms with E-state index in [1.165, 1.54) is 29.0 Å². The van der Waals surface area contributed by atoms with Crippen molar-refractivity contribution >= 4 is 45.6 Å². The lowest BCUT2D eigenvalue weighted by molar-refractivity contribution is -0.119. The summed E-state index contributed by atoms with van der Waals surface area (Å²) in [6.07, 6.45) is 0. The van der Waals surface area contributed by atoms with Crippen LogP contribution in [0.3, 0.4) is 0 Å². The van der Waals surface area contributed by atoms with Crippen molar-refractivity contribution in [3.63, 3.8) is 0 Å². The molecular formula is C19H17NO2S2. The van der Waals surface area contributed by atoms with Crippen LogP contribution >= 0.6 is 23.1 Å². The number of nitrogens with one attached hydrogen (secondary N) is 1. The molecule has 3 nitrogen and oxygen atoms in total. The van der Waals surface area contributed by atoms with E-state index < -0.39 is 0 Å². The molecule has 0 aliphatic heterocycles. The molecule has 0 saturated carbocycles. The Morgan fingerprint density at radius 1 is 1.04 bits per heavy atom. The Balaban J connectivity index is 1.61. The Labute approximate surface area is 149 Å². The van der Waals surface area contributed by atoms with Crippen LogP contribution < -0.4 is 5.32 Å². The summed E-state index contributed by atoms with van der Waals surface area (Å²) in [5.41, 5.74) is 0. The summed E-state index contributed by atoms with van der Waals surface area (Å²) in [5, 5.41) is 5.13. The van der Waals surface area contributed by atoms with E-state index >= 15 is 0 Å². The van der Waals surface area contributed by atoms with E-state index in [0.29, 0.717) is 12.3 Å². The lowest BCUT2D eigenvalue weighted by Crippen LogP contribution is -2.18. The molecule has 3 aromatic rings. The molecule has 0 saturated heterocycles. The minimum absolute atomic E-state index is 0.0665. The van der Waals surface area contributed by atoms with Gasteiger partial charge in [0.1, 0.15) is 0 Å². The zero-order valence-electron chi connectivity index (χ0n) is 13.2. The average Bonchev–Trinajstić information content (AvgIpc) is 3.07. The van der Waals surface area contributed by atoms with Gasteiger partial charge in [-0.25, -0.2) is 0 Å². The maximum atomic E-state index is 12.3. The van der Waals surface area contributed by atoms with Gasteiger partial charge < -0.3 is 5.32 Å². The second-order valence-corrected chi connectivity index (χ2v) is 7.61. The third-order valence-corrected chi connectivity index (χ3v) is 5.66. The Morgan fingerprint density at radius 2 is 1.83 bits per heavy atom. The molecule has 1 aromatic heterocycles. The van der Waals surface area contributed by atoms with E-state index in [0.717, 1.165) is 14.6 Å². The first kappa shape index (κ1) is 16.7. The summed E-state index contributed by atoms with van der Waals surface area (Å²) < 4.78 is 0. The number of carbonyl (C=O) groups is 2. The zero-order valence-corrected chi connectivity index (χ0v) is 14.9. The van der Waals surface area contributed by atoms with Crippen LogP contribution in [-0.2, 0) is 11.3 Å². The Bertz CT molecular complexity index is 886. The predicted octanol–water partition coefficient (Wildman–Crippen LogP) is 4.51. The molecule has 122 valence electrons. The van der Waals surface area contributed by atoms with Gasteiger partial charge in [-0.3, -0.25) is 9.59 Å². The Kier molecular flexibility index (Phi) is 5.33. The number of thioether (sulfide) groups is 1. The molecule has 24 heavy (non-hydrogen) atoms. The number of rotatable bonds is 6. The molecule has 0 aliphatic carbocycles. The van der Waals surface area contributed by atoms with Crippen molar-refractivity contribution in [2.75, 3.05) is 5.75 Å². The van der Waals surface area contributed by atoms with Gasteiger partial charge in [-0.05, 0) is 35.0 Å². The second-order valence-electron chi connectivity index (χ2n) is 5.40. The van der Waals surface area contributed by atoms with Crippen molar-refractivity contribution in [1.82, 2.24) is 5.32 Å². The van der Waals surface area contributed by atoms with Gasteiger partial charge in [0.15, 0.2) is 5.78 Å². The minimum atomic E-state index is -0.0665. The first-order valence-corrected chi connectivity index (χ1v) is 9.40. The first-order chi connectivity index (χ1) is 11.6. The van der Waals surface area contributed by atoms with E-state index in [9.17, 15) is 9.59 Å². The van der Waals surface area contributed by atoms with Gasteiger partial charge in [0, 0.05) is 16.7 Å². The third-order valence-electron chi connectivity index (χ3n) is 3.54. The minimum Gasteiger partial charge on any atom is -0.351 e. The molecule has 1 heterocycles. The van der Waals surface area contributed by atoms with Crippen molar-refractivity contribution in [3.8, 4) is 0 Å². The van der Waals surface area contributed by atoms with Crippen molar-refractivity contribution in [3.05, 3.63) is 64.4 Å². The van der Waals surface area contributed by atoms with Crippen LogP contribution in [0.25, 0.3) is 10.8 Å². The van der Waals surface area contributed by atoms with E-state index in [4.69, 9.17) is 0 Å². The Hall–Kier alpha value is -2.11. The molecule has 5 heteroatoms. The summed E-state index contributed by atoms with van der Waals surface area (Å²) in [4.78, 5) is 26.1. The fourth-order valence-corrected chi connectivity index (χ4v) is 4.12. The van der Waals surface area contributed by atoms with Gasteiger partial charge in [-0.2, -0.15) is 0 Å². The number of carbonyl (C=O) groups excluding carboxylic acids is 2. The van der Waals surface area contributed by atoms with Gasteiger partial charge in [0.2, 0.25) is 5.91 Å². The fraction of sp³-hybridized carbons (Fsp3) is 0.158. The van der Waals surface area contributed by atoms with Gasteiger partial charge in [-0.15, -0.1) is 23.1 Å². The van der Waals surface area contributed by atoms with Gasteiger partial charge in [0.05, 0.1) is 17.2 Å². The second kappa shape index (κ2) is 7.64. The normalized spacial score (nSPS) is 10.7. The van der Waals surface area contributed by atoms with Crippen LogP contribution in [0.15, 0.2) is 59.5 Å². The lowest BCUT2D eigenvalue weighted by Gasteiger charge is -2.03. The summed E-state index contributed by atoms with van der Waals surface area (Å²) in [7, 11) is 0. The highest BCUT2D eigenvalue weighted by Gasteiger charge is 2.10. The standard InChI is InChI=1S/C19H17NO2S2/c1-13(21)20-11-17-8-9-19(24-17)18(22)12-23-16-7-6-14-4-2-3-5-15(14)10-16/h2-10H,11-12H2,1H3,(H,20,21). The smallest absolute Gasteiger partial charge is 0.217 e. The van der Waals surface area contributed by atoms with E-state index in [2.05, 4.69) is 35.6 Å². The summed E-state index contributed by atoms with van der Waals surface area (Å²) >= 11 is 3.00. The van der Waals surface area contributed by atoms with E-state index in [-0.39, 0.29) is 11.7 Å². The maximum Gasteiger partial charge on any atom is 0.217 e. The lowest BCUT2D eigenvalue weighted by atomic mass is 10.1. The van der Waals surface area contributed by atoms with E-state index in [1.54, 1.807) is 11.8 Å². The van der Waals surface area contributed by atoms with Gasteiger partial charge in [-0.1, -0.05) is 30.3 Å². The van der Waals surface area contributed by atoms with Crippen molar-refractivity contribution in [1.29, 1.82) is 0 Å².